The second-order valence-corrected chi connectivity index (χ2v) is 8.52. The van der Waals surface area contributed by atoms with Crippen LogP contribution in [0.3, 0.4) is 0 Å². The Balaban J connectivity index is 1.94. The quantitative estimate of drug-likeness (QED) is 0.828. The molecule has 28 heavy (non-hydrogen) atoms. The van der Waals surface area contributed by atoms with Gasteiger partial charge in [0.2, 0.25) is 10.0 Å². The predicted molar refractivity (Wildman–Crippen MR) is 106 cm³/mol. The molecule has 8 heteroatoms. The fourth-order valence-corrected chi connectivity index (χ4v) is 4.47. The molecule has 1 aliphatic rings. The van der Waals surface area contributed by atoms with Crippen molar-refractivity contribution in [2.75, 3.05) is 38.7 Å². The average molecular weight is 404 g/mol. The van der Waals surface area contributed by atoms with Gasteiger partial charge in [0.05, 0.1) is 30.8 Å². The van der Waals surface area contributed by atoms with E-state index in [2.05, 4.69) is 5.32 Å². The number of sulfonamides is 1. The maximum Gasteiger partial charge on any atom is 0.259 e. The molecule has 3 rings (SSSR count). The first-order valence-corrected chi connectivity index (χ1v) is 10.4. The lowest BCUT2D eigenvalue weighted by molar-refractivity contribution is 0.0730. The lowest BCUT2D eigenvalue weighted by atomic mass is 10.1. The molecule has 150 valence electrons. The van der Waals surface area contributed by atoms with Gasteiger partial charge in [-0.05, 0) is 49.2 Å². The first-order chi connectivity index (χ1) is 13.3. The van der Waals surface area contributed by atoms with Crippen LogP contribution in [0, 0.1) is 13.8 Å². The third kappa shape index (κ3) is 4.04. The van der Waals surface area contributed by atoms with E-state index in [1.165, 1.54) is 29.6 Å². The van der Waals surface area contributed by atoms with Crippen LogP contribution in [0.1, 0.15) is 21.5 Å². The zero-order valence-electron chi connectivity index (χ0n) is 16.2. The maximum atomic E-state index is 12.9. The molecule has 0 saturated carbocycles. The summed E-state index contributed by atoms with van der Waals surface area (Å²) in [5.41, 5.74) is 2.84. The summed E-state index contributed by atoms with van der Waals surface area (Å²) >= 11 is 0. The Kier molecular flexibility index (Phi) is 6.02. The second-order valence-electron chi connectivity index (χ2n) is 6.58. The molecule has 2 aromatic rings. The smallest absolute Gasteiger partial charge is 0.259 e. The van der Waals surface area contributed by atoms with Crippen molar-refractivity contribution in [3.8, 4) is 5.75 Å². The molecule has 0 atom stereocenters. The highest BCUT2D eigenvalue weighted by atomic mass is 32.2. The number of morpholine rings is 1. The third-order valence-corrected chi connectivity index (χ3v) is 6.77. The molecule has 1 amide bonds. The van der Waals surface area contributed by atoms with E-state index in [0.29, 0.717) is 37.7 Å². The number of rotatable bonds is 5. The molecule has 1 fully saturated rings. The molecule has 0 spiro atoms. The molecule has 0 unspecified atom stereocenters. The topological polar surface area (TPSA) is 84.9 Å². The molecular weight excluding hydrogens is 380 g/mol. The van der Waals surface area contributed by atoms with E-state index in [1.807, 2.05) is 26.0 Å². The van der Waals surface area contributed by atoms with Crippen molar-refractivity contribution >= 4 is 21.6 Å². The Morgan fingerprint density at radius 2 is 1.86 bits per heavy atom. The zero-order valence-corrected chi connectivity index (χ0v) is 17.0. The van der Waals surface area contributed by atoms with Gasteiger partial charge in [-0.1, -0.05) is 12.1 Å². The standard InChI is InChI=1S/C20H24N2O5S/c1-14-5-4-6-18(15(14)2)21-20(23)17-13-16(7-8-19(17)26-3)28(24,25)22-9-11-27-12-10-22/h4-8,13H,9-12H2,1-3H3,(H,21,23). The number of hydrogen-bond donors (Lipinski definition) is 1. The molecule has 1 aliphatic heterocycles. The summed E-state index contributed by atoms with van der Waals surface area (Å²) in [6.07, 6.45) is 0. The number of nitrogens with zero attached hydrogens (tertiary/aromatic N) is 1. The van der Waals surface area contributed by atoms with Crippen LogP contribution in [0.25, 0.3) is 0 Å². The lowest BCUT2D eigenvalue weighted by Gasteiger charge is -2.26. The molecule has 1 saturated heterocycles. The van der Waals surface area contributed by atoms with Crippen LogP contribution >= 0.6 is 0 Å². The molecule has 2 aromatic carbocycles. The average Bonchev–Trinajstić information content (AvgIpc) is 2.71. The van der Waals surface area contributed by atoms with E-state index in [4.69, 9.17) is 9.47 Å². The minimum Gasteiger partial charge on any atom is -0.496 e. The first-order valence-electron chi connectivity index (χ1n) is 8.98. The number of benzene rings is 2. The van der Waals surface area contributed by atoms with Gasteiger partial charge in [0.15, 0.2) is 0 Å². The molecular formula is C20H24N2O5S. The SMILES string of the molecule is COc1ccc(S(=O)(=O)N2CCOCC2)cc1C(=O)Nc1cccc(C)c1C. The molecule has 0 radical (unpaired) electrons. The van der Waals surface area contributed by atoms with Crippen molar-refractivity contribution in [1.82, 2.24) is 4.31 Å². The highest BCUT2D eigenvalue weighted by Gasteiger charge is 2.28. The molecule has 0 aliphatic carbocycles. The molecule has 0 aromatic heterocycles. The molecule has 7 nitrogen and oxygen atoms in total. The van der Waals surface area contributed by atoms with E-state index < -0.39 is 15.9 Å². The maximum absolute atomic E-state index is 12.9. The summed E-state index contributed by atoms with van der Waals surface area (Å²) in [5.74, 6) is -0.117. The number of amides is 1. The van der Waals surface area contributed by atoms with E-state index in [0.717, 1.165) is 11.1 Å². The predicted octanol–water partition coefficient (Wildman–Crippen LogP) is 2.59. The Morgan fingerprint density at radius 3 is 2.54 bits per heavy atom. The van der Waals surface area contributed by atoms with Gasteiger partial charge in [-0.25, -0.2) is 8.42 Å². The lowest BCUT2D eigenvalue weighted by Crippen LogP contribution is -2.40. The van der Waals surface area contributed by atoms with Gasteiger partial charge in [0.1, 0.15) is 5.75 Å². The summed E-state index contributed by atoms with van der Waals surface area (Å²) in [7, 11) is -2.27. The van der Waals surface area contributed by atoms with E-state index >= 15 is 0 Å². The van der Waals surface area contributed by atoms with E-state index in [1.54, 1.807) is 6.07 Å². The Bertz CT molecular complexity index is 982. The van der Waals surface area contributed by atoms with Crippen LogP contribution in [0.5, 0.6) is 5.75 Å². The van der Waals surface area contributed by atoms with Crippen LogP contribution in [0.2, 0.25) is 0 Å². The van der Waals surface area contributed by atoms with E-state index in [9.17, 15) is 13.2 Å². The van der Waals surface area contributed by atoms with Crippen molar-refractivity contribution in [2.45, 2.75) is 18.7 Å². The molecule has 0 bridgehead atoms. The summed E-state index contributed by atoms with van der Waals surface area (Å²) in [6.45, 7) is 5.17. The highest BCUT2D eigenvalue weighted by molar-refractivity contribution is 7.89. The minimum absolute atomic E-state index is 0.0568. The molecule has 1 heterocycles. The largest absolute Gasteiger partial charge is 0.496 e. The Labute approximate surface area is 165 Å². The number of hydrogen-bond acceptors (Lipinski definition) is 5. The Hall–Kier alpha value is -2.42. The van der Waals surface area contributed by atoms with Gasteiger partial charge in [-0.3, -0.25) is 4.79 Å². The van der Waals surface area contributed by atoms with E-state index in [-0.39, 0.29) is 10.5 Å². The fraction of sp³-hybridized carbons (Fsp3) is 0.350. The van der Waals surface area contributed by atoms with Gasteiger partial charge >= 0.3 is 0 Å². The van der Waals surface area contributed by atoms with Crippen molar-refractivity contribution in [1.29, 1.82) is 0 Å². The summed E-state index contributed by atoms with van der Waals surface area (Å²) in [6, 6.07) is 9.95. The van der Waals surface area contributed by atoms with Crippen molar-refractivity contribution in [3.05, 3.63) is 53.1 Å². The van der Waals surface area contributed by atoms with Crippen LogP contribution in [0.4, 0.5) is 5.69 Å². The van der Waals surface area contributed by atoms with Crippen LogP contribution in [-0.4, -0.2) is 52.0 Å². The number of methoxy groups -OCH3 is 1. The van der Waals surface area contributed by atoms with Crippen molar-refractivity contribution in [2.24, 2.45) is 0 Å². The van der Waals surface area contributed by atoms with Gasteiger partial charge < -0.3 is 14.8 Å². The number of ether oxygens (including phenoxy) is 2. The van der Waals surface area contributed by atoms with Crippen LogP contribution in [-0.2, 0) is 14.8 Å². The summed E-state index contributed by atoms with van der Waals surface area (Å²) < 4.78 is 37.7. The normalized spacial score (nSPS) is 15.2. The number of carbonyl (C=O) groups excluding carboxylic acids is 1. The number of carbonyl (C=O) groups is 1. The monoisotopic (exact) mass is 404 g/mol. The number of aryl methyl sites for hydroxylation is 1. The van der Waals surface area contributed by atoms with Crippen LogP contribution in [0.15, 0.2) is 41.3 Å². The minimum atomic E-state index is -3.71. The van der Waals surface area contributed by atoms with Gasteiger partial charge in [0.25, 0.3) is 5.91 Å². The van der Waals surface area contributed by atoms with Gasteiger partial charge in [-0.2, -0.15) is 4.31 Å². The van der Waals surface area contributed by atoms with Gasteiger partial charge in [-0.15, -0.1) is 0 Å². The number of nitrogens with one attached hydrogen (secondary N) is 1. The van der Waals surface area contributed by atoms with Gasteiger partial charge in [0, 0.05) is 18.8 Å². The summed E-state index contributed by atoms with van der Waals surface area (Å²) in [5, 5.41) is 2.85. The second kappa shape index (κ2) is 8.30. The van der Waals surface area contributed by atoms with Crippen LogP contribution < -0.4 is 10.1 Å². The Morgan fingerprint density at radius 1 is 1.14 bits per heavy atom. The number of anilines is 1. The third-order valence-electron chi connectivity index (χ3n) is 4.88. The van der Waals surface area contributed by atoms with Crippen molar-refractivity contribution < 1.29 is 22.7 Å². The first kappa shape index (κ1) is 20.3. The zero-order chi connectivity index (χ0) is 20.3. The highest BCUT2D eigenvalue weighted by Crippen LogP contribution is 2.27. The van der Waals surface area contributed by atoms with Crippen molar-refractivity contribution in [3.63, 3.8) is 0 Å². The fourth-order valence-electron chi connectivity index (χ4n) is 3.04. The molecule has 1 N–H and O–H groups in total. The summed E-state index contributed by atoms with van der Waals surface area (Å²) in [4.78, 5) is 13.0.